The first kappa shape index (κ1) is 13.9. The van der Waals surface area contributed by atoms with E-state index in [2.05, 4.69) is 5.32 Å². The first-order valence-electron chi connectivity index (χ1n) is 5.89. The maximum atomic E-state index is 13.7. The van der Waals surface area contributed by atoms with Crippen molar-refractivity contribution in [3.8, 4) is 5.75 Å². The van der Waals surface area contributed by atoms with E-state index >= 15 is 0 Å². The second-order valence-corrected chi connectivity index (χ2v) is 3.96. The van der Waals surface area contributed by atoms with Gasteiger partial charge in [0.05, 0.1) is 13.2 Å². The highest BCUT2D eigenvalue weighted by Gasteiger charge is 2.07. The highest BCUT2D eigenvalue weighted by molar-refractivity contribution is 5.30. The van der Waals surface area contributed by atoms with Crippen molar-refractivity contribution in [3.05, 3.63) is 29.6 Å². The third-order valence-corrected chi connectivity index (χ3v) is 2.70. The van der Waals surface area contributed by atoms with Crippen molar-refractivity contribution in [2.24, 2.45) is 0 Å². The van der Waals surface area contributed by atoms with E-state index < -0.39 is 0 Å². The fourth-order valence-electron chi connectivity index (χ4n) is 1.55. The monoisotopic (exact) mass is 241 g/mol. The van der Waals surface area contributed by atoms with E-state index in [-0.39, 0.29) is 17.7 Å². The van der Waals surface area contributed by atoms with Gasteiger partial charge in [-0.2, -0.15) is 0 Å². The van der Waals surface area contributed by atoms with Gasteiger partial charge in [-0.3, -0.25) is 0 Å². The SMILES string of the molecule is CCC(O)CCNCc1cccc(OC)c1F. The molecule has 0 radical (unpaired) electrons. The lowest BCUT2D eigenvalue weighted by Crippen LogP contribution is -2.20. The Morgan fingerprint density at radius 1 is 1.47 bits per heavy atom. The fraction of sp³-hybridized carbons (Fsp3) is 0.538. The highest BCUT2D eigenvalue weighted by Crippen LogP contribution is 2.19. The van der Waals surface area contributed by atoms with E-state index in [1.54, 1.807) is 18.2 Å². The molecule has 3 nitrogen and oxygen atoms in total. The molecule has 1 aromatic carbocycles. The van der Waals surface area contributed by atoms with Gasteiger partial charge < -0.3 is 15.2 Å². The van der Waals surface area contributed by atoms with Crippen molar-refractivity contribution in [2.75, 3.05) is 13.7 Å². The molecule has 0 amide bonds. The van der Waals surface area contributed by atoms with Gasteiger partial charge in [-0.1, -0.05) is 19.1 Å². The molecular formula is C13H20FNO2. The van der Waals surface area contributed by atoms with Gasteiger partial charge in [0.1, 0.15) is 0 Å². The van der Waals surface area contributed by atoms with Crippen LogP contribution in [0.3, 0.4) is 0 Å². The van der Waals surface area contributed by atoms with Crippen LogP contribution in [0.2, 0.25) is 0 Å². The normalized spacial score (nSPS) is 12.5. The molecule has 0 spiro atoms. The average molecular weight is 241 g/mol. The topological polar surface area (TPSA) is 41.5 Å². The Kier molecular flexibility index (Phi) is 5.94. The van der Waals surface area contributed by atoms with Crippen LogP contribution in [-0.2, 0) is 6.54 Å². The van der Waals surface area contributed by atoms with Crippen LogP contribution in [0, 0.1) is 5.82 Å². The number of hydrogen-bond acceptors (Lipinski definition) is 3. The number of nitrogens with one attached hydrogen (secondary N) is 1. The number of rotatable bonds is 7. The summed E-state index contributed by atoms with van der Waals surface area (Å²) in [5, 5.41) is 12.5. The van der Waals surface area contributed by atoms with Gasteiger partial charge >= 0.3 is 0 Å². The molecular weight excluding hydrogens is 221 g/mol. The first-order chi connectivity index (χ1) is 8.19. The van der Waals surface area contributed by atoms with Gasteiger partial charge in [0, 0.05) is 12.1 Å². The highest BCUT2D eigenvalue weighted by atomic mass is 19.1. The summed E-state index contributed by atoms with van der Waals surface area (Å²) >= 11 is 0. The third kappa shape index (κ3) is 4.32. The molecule has 0 saturated carbocycles. The maximum absolute atomic E-state index is 13.7. The predicted molar refractivity (Wildman–Crippen MR) is 65.6 cm³/mol. The molecule has 1 aromatic rings. The van der Waals surface area contributed by atoms with Crippen molar-refractivity contribution in [3.63, 3.8) is 0 Å². The standard InChI is InChI=1S/C13H20FNO2/c1-3-11(16)7-8-15-9-10-5-4-6-12(17-2)13(10)14/h4-6,11,15-16H,3,7-9H2,1-2H3. The number of aliphatic hydroxyl groups excluding tert-OH is 1. The number of halogens is 1. The van der Waals surface area contributed by atoms with Gasteiger partial charge in [0.15, 0.2) is 11.6 Å². The van der Waals surface area contributed by atoms with E-state index in [1.165, 1.54) is 7.11 Å². The number of aliphatic hydroxyl groups is 1. The van der Waals surface area contributed by atoms with E-state index in [9.17, 15) is 9.50 Å². The molecule has 1 atom stereocenters. The second kappa shape index (κ2) is 7.25. The number of benzene rings is 1. The van der Waals surface area contributed by atoms with Crippen LogP contribution < -0.4 is 10.1 Å². The van der Waals surface area contributed by atoms with Gasteiger partial charge in [-0.05, 0) is 25.5 Å². The molecule has 0 aliphatic carbocycles. The van der Waals surface area contributed by atoms with E-state index in [4.69, 9.17) is 4.74 Å². The zero-order valence-corrected chi connectivity index (χ0v) is 10.4. The smallest absolute Gasteiger partial charge is 0.169 e. The number of hydrogen-bond donors (Lipinski definition) is 2. The molecule has 0 aliphatic heterocycles. The van der Waals surface area contributed by atoms with Gasteiger partial charge in [0.2, 0.25) is 0 Å². The zero-order chi connectivity index (χ0) is 12.7. The molecule has 0 saturated heterocycles. The van der Waals surface area contributed by atoms with Crippen LogP contribution in [0.1, 0.15) is 25.3 Å². The minimum absolute atomic E-state index is 0.262. The summed E-state index contributed by atoms with van der Waals surface area (Å²) in [6, 6.07) is 5.08. The summed E-state index contributed by atoms with van der Waals surface area (Å²) in [4.78, 5) is 0. The summed E-state index contributed by atoms with van der Waals surface area (Å²) in [6.07, 6.45) is 1.15. The Morgan fingerprint density at radius 3 is 2.88 bits per heavy atom. The lowest BCUT2D eigenvalue weighted by Gasteiger charge is -2.10. The average Bonchev–Trinajstić information content (AvgIpc) is 2.36. The van der Waals surface area contributed by atoms with Crippen molar-refractivity contribution in [1.29, 1.82) is 0 Å². The Labute approximate surface area is 102 Å². The van der Waals surface area contributed by atoms with Crippen LogP contribution in [0.4, 0.5) is 4.39 Å². The Morgan fingerprint density at radius 2 is 2.24 bits per heavy atom. The van der Waals surface area contributed by atoms with Crippen molar-refractivity contribution in [2.45, 2.75) is 32.4 Å². The van der Waals surface area contributed by atoms with Crippen LogP contribution in [0.5, 0.6) is 5.75 Å². The lowest BCUT2D eigenvalue weighted by atomic mass is 10.2. The minimum atomic E-state index is -0.321. The zero-order valence-electron chi connectivity index (χ0n) is 10.4. The van der Waals surface area contributed by atoms with Crippen molar-refractivity contribution < 1.29 is 14.2 Å². The van der Waals surface area contributed by atoms with Gasteiger partial charge in [-0.25, -0.2) is 4.39 Å². The summed E-state index contributed by atoms with van der Waals surface area (Å²) < 4.78 is 18.6. The fourth-order valence-corrected chi connectivity index (χ4v) is 1.55. The summed E-state index contributed by atoms with van der Waals surface area (Å²) in [7, 11) is 1.45. The maximum Gasteiger partial charge on any atom is 0.169 e. The summed E-state index contributed by atoms with van der Waals surface area (Å²) in [6.45, 7) is 3.05. The van der Waals surface area contributed by atoms with Crippen LogP contribution in [0.15, 0.2) is 18.2 Å². The lowest BCUT2D eigenvalue weighted by molar-refractivity contribution is 0.159. The summed E-state index contributed by atoms with van der Waals surface area (Å²) in [5.74, 6) is -0.0589. The van der Waals surface area contributed by atoms with Crippen molar-refractivity contribution >= 4 is 0 Å². The molecule has 2 N–H and O–H groups in total. The molecule has 4 heteroatoms. The van der Waals surface area contributed by atoms with Gasteiger partial charge in [0.25, 0.3) is 0 Å². The van der Waals surface area contributed by atoms with E-state index in [0.717, 1.165) is 6.42 Å². The molecule has 96 valence electrons. The predicted octanol–water partition coefficient (Wildman–Crippen LogP) is 2.08. The largest absolute Gasteiger partial charge is 0.494 e. The first-order valence-corrected chi connectivity index (χ1v) is 5.89. The van der Waals surface area contributed by atoms with Crippen LogP contribution in [-0.4, -0.2) is 24.9 Å². The Bertz CT molecular complexity index is 344. The van der Waals surface area contributed by atoms with Crippen LogP contribution in [0.25, 0.3) is 0 Å². The molecule has 1 rings (SSSR count). The molecule has 0 heterocycles. The van der Waals surface area contributed by atoms with E-state index in [0.29, 0.717) is 25.1 Å². The Hall–Kier alpha value is -1.13. The molecule has 0 aromatic heterocycles. The Balaban J connectivity index is 2.41. The third-order valence-electron chi connectivity index (χ3n) is 2.70. The molecule has 17 heavy (non-hydrogen) atoms. The molecule has 1 unspecified atom stereocenters. The quantitative estimate of drug-likeness (QED) is 0.718. The second-order valence-electron chi connectivity index (χ2n) is 3.96. The molecule has 0 bridgehead atoms. The van der Waals surface area contributed by atoms with Gasteiger partial charge in [-0.15, -0.1) is 0 Å². The summed E-state index contributed by atoms with van der Waals surface area (Å²) in [5.41, 5.74) is 0.579. The number of methoxy groups -OCH3 is 1. The van der Waals surface area contributed by atoms with Crippen LogP contribution >= 0.6 is 0 Å². The molecule has 0 fully saturated rings. The molecule has 0 aliphatic rings. The van der Waals surface area contributed by atoms with E-state index in [1.807, 2.05) is 6.92 Å². The minimum Gasteiger partial charge on any atom is -0.494 e. The number of ether oxygens (including phenoxy) is 1. The van der Waals surface area contributed by atoms with Crippen molar-refractivity contribution in [1.82, 2.24) is 5.32 Å².